The first kappa shape index (κ1) is 36.0. The van der Waals surface area contributed by atoms with Crippen LogP contribution in [0.2, 0.25) is 33.2 Å². The van der Waals surface area contributed by atoms with E-state index in [1.165, 1.54) is 0 Å². The lowest BCUT2D eigenvalue weighted by Crippen LogP contribution is -2.59. The summed E-state index contributed by atoms with van der Waals surface area (Å²) in [5.74, 6) is 0. The van der Waals surface area contributed by atoms with E-state index >= 15 is 0 Å². The monoisotopic (exact) mass is 572 g/mol. The molecule has 5 nitrogen and oxygen atoms in total. The van der Waals surface area contributed by atoms with Crippen LogP contribution in [0.3, 0.4) is 0 Å². The van der Waals surface area contributed by atoms with Gasteiger partial charge in [-0.25, -0.2) is 0 Å². The van der Waals surface area contributed by atoms with Crippen molar-refractivity contribution in [1.82, 2.24) is 0 Å². The van der Waals surface area contributed by atoms with Crippen LogP contribution in [-0.4, -0.2) is 60.1 Å². The Labute approximate surface area is 238 Å². The minimum absolute atomic E-state index is 0.393. The van der Waals surface area contributed by atoms with Gasteiger partial charge in [-0.3, -0.25) is 0 Å². The summed E-state index contributed by atoms with van der Waals surface area (Å²) in [6, 6.07) is 0. The molecule has 1 N–H and O–H groups in total. The summed E-state index contributed by atoms with van der Waals surface area (Å²) in [5.41, 5.74) is 2.90. The van der Waals surface area contributed by atoms with Crippen LogP contribution in [0.1, 0.15) is 110 Å². The minimum atomic E-state index is -2.33. The fraction of sp³-hybridized carbons (Fsp3) is 0.935. The third-order valence-electron chi connectivity index (χ3n) is 9.71. The number of rotatable bonds is 16. The third-order valence-corrected chi connectivity index (χ3v) is 21.9. The van der Waals surface area contributed by atoms with E-state index in [-0.39, 0.29) is 0 Å². The van der Waals surface area contributed by atoms with Gasteiger partial charge in [0.05, 0.1) is 37.4 Å². The lowest BCUT2D eigenvalue weighted by molar-refractivity contribution is -0.174. The molecule has 1 aliphatic rings. The molecule has 0 aliphatic carbocycles. The molecular weight excluding hydrogens is 509 g/mol. The Morgan fingerprint density at radius 1 is 0.816 bits per heavy atom. The van der Waals surface area contributed by atoms with Gasteiger partial charge in [0.1, 0.15) is 0 Å². The molecule has 7 heteroatoms. The van der Waals surface area contributed by atoms with Gasteiger partial charge in [-0.1, -0.05) is 102 Å². The Balaban J connectivity index is 3.74. The van der Waals surface area contributed by atoms with Gasteiger partial charge < -0.3 is 23.4 Å². The summed E-state index contributed by atoms with van der Waals surface area (Å²) in [5, 5.41) is 12.4. The Morgan fingerprint density at radius 2 is 1.21 bits per heavy atom. The fourth-order valence-electron chi connectivity index (χ4n) is 7.76. The number of ether oxygens (including phenoxy) is 2. The highest BCUT2D eigenvalue weighted by atomic mass is 28.4. The molecule has 38 heavy (non-hydrogen) atoms. The Kier molecular flexibility index (Phi) is 14.0. The van der Waals surface area contributed by atoms with Gasteiger partial charge >= 0.3 is 0 Å². The quantitative estimate of drug-likeness (QED) is 0.148. The summed E-state index contributed by atoms with van der Waals surface area (Å²) in [4.78, 5) is 0. The lowest BCUT2D eigenvalue weighted by atomic mass is 9.74. The van der Waals surface area contributed by atoms with Crippen molar-refractivity contribution in [2.45, 2.75) is 162 Å². The number of hydrogen-bond acceptors (Lipinski definition) is 5. The largest absolute Gasteiger partial charge is 0.413 e. The Hall–Kier alpha value is -0.0262. The van der Waals surface area contributed by atoms with Gasteiger partial charge in [0, 0.05) is 0 Å². The maximum Gasteiger partial charge on any atom is 0.201 e. The van der Waals surface area contributed by atoms with E-state index in [9.17, 15) is 5.11 Å². The molecule has 0 aromatic heterocycles. The molecule has 226 valence electrons. The van der Waals surface area contributed by atoms with Crippen LogP contribution in [0.15, 0.2) is 11.6 Å². The zero-order valence-electron chi connectivity index (χ0n) is 27.7. The van der Waals surface area contributed by atoms with Gasteiger partial charge in [-0.2, -0.15) is 0 Å². The van der Waals surface area contributed by atoms with E-state index in [2.05, 4.69) is 110 Å². The Morgan fingerprint density at radius 3 is 1.55 bits per heavy atom. The SMILES string of the molecule is CC/C=C(\C)[C@](C)(C1OCCO1)[C@@H](O)[C@@H](CO[Si](C(C)C)(C(C)C)C(C)C)O[Si](C(C)C)(C(C)C)C(C)C. The van der Waals surface area contributed by atoms with Crippen molar-refractivity contribution < 1.29 is 23.4 Å². The first-order valence-corrected chi connectivity index (χ1v) is 19.7. The van der Waals surface area contributed by atoms with E-state index < -0.39 is 40.5 Å². The topological polar surface area (TPSA) is 57.2 Å². The van der Waals surface area contributed by atoms with Crippen LogP contribution in [0.5, 0.6) is 0 Å². The number of allylic oxidation sites excluding steroid dienone is 1. The van der Waals surface area contributed by atoms with Gasteiger partial charge in [-0.15, -0.1) is 0 Å². The molecule has 1 heterocycles. The smallest absolute Gasteiger partial charge is 0.201 e. The minimum Gasteiger partial charge on any atom is -0.413 e. The molecule has 0 bridgehead atoms. The highest BCUT2D eigenvalue weighted by Crippen LogP contribution is 2.48. The van der Waals surface area contributed by atoms with Gasteiger partial charge in [0.2, 0.25) is 8.32 Å². The third kappa shape index (κ3) is 7.06. The molecule has 1 rings (SSSR count). The van der Waals surface area contributed by atoms with Crippen LogP contribution in [0.4, 0.5) is 0 Å². The van der Waals surface area contributed by atoms with Crippen molar-refractivity contribution in [3.8, 4) is 0 Å². The first-order valence-electron chi connectivity index (χ1n) is 15.4. The van der Waals surface area contributed by atoms with E-state index in [0.717, 1.165) is 12.0 Å². The summed E-state index contributed by atoms with van der Waals surface area (Å²) >= 11 is 0. The summed E-state index contributed by atoms with van der Waals surface area (Å²) in [6.07, 6.45) is 1.25. The normalized spacial score (nSPS) is 20.0. The van der Waals surface area contributed by atoms with E-state index in [0.29, 0.717) is 53.1 Å². The molecule has 0 amide bonds. The van der Waals surface area contributed by atoms with E-state index in [4.69, 9.17) is 18.3 Å². The molecular formula is C31H64O5Si2. The molecule has 1 fully saturated rings. The molecule has 0 saturated carbocycles. The lowest BCUT2D eigenvalue weighted by Gasteiger charge is -2.50. The highest BCUT2D eigenvalue weighted by Gasteiger charge is 2.54. The highest BCUT2D eigenvalue weighted by molar-refractivity contribution is 6.78. The molecule has 0 aromatic rings. The summed E-state index contributed by atoms with van der Waals surface area (Å²) in [7, 11) is -4.51. The number of hydrogen-bond donors (Lipinski definition) is 1. The fourth-order valence-corrected chi connectivity index (χ4v) is 18.8. The van der Waals surface area contributed by atoms with Crippen LogP contribution in [0, 0.1) is 5.41 Å². The van der Waals surface area contributed by atoms with Crippen LogP contribution in [0.25, 0.3) is 0 Å². The Bertz CT molecular complexity index is 684. The molecule has 1 saturated heterocycles. The zero-order valence-corrected chi connectivity index (χ0v) is 29.7. The average Bonchev–Trinajstić information content (AvgIpc) is 3.34. The predicted molar refractivity (Wildman–Crippen MR) is 167 cm³/mol. The zero-order chi connectivity index (χ0) is 29.6. The maximum atomic E-state index is 12.4. The van der Waals surface area contributed by atoms with E-state index in [1.807, 2.05) is 0 Å². The number of aliphatic hydroxyl groups is 1. The van der Waals surface area contributed by atoms with Crippen LogP contribution in [-0.2, 0) is 18.3 Å². The summed E-state index contributed by atoms with van der Waals surface area (Å²) in [6.45, 7) is 35.5. The predicted octanol–water partition coefficient (Wildman–Crippen LogP) is 8.84. The second-order valence-electron chi connectivity index (χ2n) is 13.7. The van der Waals surface area contributed by atoms with Crippen LogP contribution < -0.4 is 0 Å². The molecule has 0 radical (unpaired) electrons. The molecule has 1 aliphatic heterocycles. The maximum absolute atomic E-state index is 12.4. The molecule has 3 atom stereocenters. The number of aliphatic hydroxyl groups excluding tert-OH is 1. The summed E-state index contributed by atoms with van der Waals surface area (Å²) < 4.78 is 26.7. The van der Waals surface area contributed by atoms with Gasteiger partial charge in [-0.05, 0) is 53.5 Å². The second kappa shape index (κ2) is 14.7. The molecule has 0 aromatic carbocycles. The van der Waals surface area contributed by atoms with Crippen molar-refractivity contribution in [3.63, 3.8) is 0 Å². The molecule has 0 unspecified atom stereocenters. The molecule has 0 spiro atoms. The van der Waals surface area contributed by atoms with Crippen molar-refractivity contribution >= 4 is 16.6 Å². The van der Waals surface area contributed by atoms with Crippen molar-refractivity contribution in [2.24, 2.45) is 5.41 Å². The van der Waals surface area contributed by atoms with Gasteiger partial charge in [0.25, 0.3) is 0 Å². The average molecular weight is 573 g/mol. The van der Waals surface area contributed by atoms with E-state index in [1.54, 1.807) is 0 Å². The standard InChI is InChI=1S/C31H64O5Si2/c1-16-17-27(14)31(15,30-33-18-19-34-30)29(32)28(36-38(24(8)9,25(10)11)26(12)13)20-35-37(21(2)3,22(4)5)23(6)7/h17,21-26,28-30,32H,16,18-20H2,1-15H3/b27-17+/t28-,29+,31+/m1/s1. The van der Waals surface area contributed by atoms with Crippen molar-refractivity contribution in [1.29, 1.82) is 0 Å². The second-order valence-corrected chi connectivity index (χ2v) is 24.6. The first-order chi connectivity index (χ1) is 17.5. The van der Waals surface area contributed by atoms with Crippen molar-refractivity contribution in [3.05, 3.63) is 11.6 Å². The van der Waals surface area contributed by atoms with Crippen LogP contribution >= 0.6 is 0 Å². The van der Waals surface area contributed by atoms with Crippen molar-refractivity contribution in [2.75, 3.05) is 19.8 Å². The van der Waals surface area contributed by atoms with Gasteiger partial charge in [0.15, 0.2) is 14.6 Å².